The fourth-order valence-electron chi connectivity index (χ4n) is 2.11. The van der Waals surface area contributed by atoms with E-state index < -0.39 is 0 Å². The van der Waals surface area contributed by atoms with Crippen molar-refractivity contribution >= 4 is 0 Å². The van der Waals surface area contributed by atoms with E-state index in [9.17, 15) is 0 Å². The van der Waals surface area contributed by atoms with Gasteiger partial charge in [0.2, 0.25) is 0 Å². The molecule has 14 heavy (non-hydrogen) atoms. The lowest BCUT2D eigenvalue weighted by Crippen LogP contribution is -2.25. The summed E-state index contributed by atoms with van der Waals surface area (Å²) in [6.07, 6.45) is 0.232. The molecule has 0 fully saturated rings. The Balaban J connectivity index is 2.52. The molecule has 0 amide bonds. The van der Waals surface area contributed by atoms with Gasteiger partial charge in [0, 0.05) is 5.56 Å². The third kappa shape index (κ3) is 1.22. The van der Waals surface area contributed by atoms with Gasteiger partial charge in [-0.25, -0.2) is 0 Å². The highest BCUT2D eigenvalue weighted by Gasteiger charge is 2.31. The van der Waals surface area contributed by atoms with E-state index in [4.69, 9.17) is 4.74 Å². The van der Waals surface area contributed by atoms with Crippen LogP contribution >= 0.6 is 0 Å². The summed E-state index contributed by atoms with van der Waals surface area (Å²) >= 11 is 0. The molecule has 2 nitrogen and oxygen atoms in total. The summed E-state index contributed by atoms with van der Waals surface area (Å²) in [5.74, 6) is 1.08. The number of likely N-dealkylation sites (N-methyl/N-ethyl adjacent to an activating group) is 1. The van der Waals surface area contributed by atoms with Gasteiger partial charge in [-0.2, -0.15) is 0 Å². The maximum atomic E-state index is 5.86. The molecule has 76 valence electrons. The zero-order valence-electron chi connectivity index (χ0n) is 9.22. The highest BCUT2D eigenvalue weighted by molar-refractivity contribution is 5.49. The van der Waals surface area contributed by atoms with Gasteiger partial charge in [-0.3, -0.25) is 0 Å². The van der Waals surface area contributed by atoms with Gasteiger partial charge in [-0.15, -0.1) is 0 Å². The molecule has 2 unspecified atom stereocenters. The van der Waals surface area contributed by atoms with Crippen LogP contribution in [0.15, 0.2) is 12.1 Å². The monoisotopic (exact) mass is 191 g/mol. The van der Waals surface area contributed by atoms with Crippen molar-refractivity contribution < 1.29 is 4.74 Å². The summed E-state index contributed by atoms with van der Waals surface area (Å²) in [5.41, 5.74) is 3.86. The van der Waals surface area contributed by atoms with Gasteiger partial charge in [-0.1, -0.05) is 12.1 Å². The molecular weight excluding hydrogens is 174 g/mol. The Morgan fingerprint density at radius 2 is 2.00 bits per heavy atom. The Labute approximate surface area is 85.3 Å². The molecule has 2 heteroatoms. The largest absolute Gasteiger partial charge is 0.488 e. The van der Waals surface area contributed by atoms with Gasteiger partial charge in [0.15, 0.2) is 0 Å². The number of fused-ring (bicyclic) bond motifs is 1. The van der Waals surface area contributed by atoms with E-state index in [1.165, 1.54) is 16.7 Å². The third-order valence-corrected chi connectivity index (χ3v) is 3.13. The van der Waals surface area contributed by atoms with Crippen LogP contribution in [-0.2, 0) is 0 Å². The van der Waals surface area contributed by atoms with Gasteiger partial charge in [0.1, 0.15) is 11.9 Å². The van der Waals surface area contributed by atoms with Gasteiger partial charge in [0.05, 0.1) is 6.04 Å². The van der Waals surface area contributed by atoms with E-state index in [0.717, 1.165) is 5.75 Å². The molecule has 0 aliphatic carbocycles. The van der Waals surface area contributed by atoms with Crippen molar-refractivity contribution in [3.63, 3.8) is 0 Å². The topological polar surface area (TPSA) is 21.3 Å². The lowest BCUT2D eigenvalue weighted by molar-refractivity contribution is 0.213. The van der Waals surface area contributed by atoms with E-state index >= 15 is 0 Å². The predicted octanol–water partition coefficient (Wildman–Crippen LogP) is 2.34. The molecule has 2 rings (SSSR count). The molecule has 0 saturated heterocycles. The number of hydrogen-bond donors (Lipinski definition) is 1. The van der Waals surface area contributed by atoms with Gasteiger partial charge in [-0.05, 0) is 38.9 Å². The quantitative estimate of drug-likeness (QED) is 0.735. The average molecular weight is 191 g/mol. The number of hydrogen-bond acceptors (Lipinski definition) is 2. The maximum absolute atomic E-state index is 5.86. The molecule has 1 heterocycles. The normalized spacial score (nSPS) is 24.6. The van der Waals surface area contributed by atoms with Crippen LogP contribution in [0, 0.1) is 13.8 Å². The molecule has 1 aliphatic heterocycles. The molecule has 1 aliphatic rings. The first-order valence-corrected chi connectivity index (χ1v) is 5.09. The van der Waals surface area contributed by atoms with Crippen molar-refractivity contribution in [2.45, 2.75) is 32.9 Å². The van der Waals surface area contributed by atoms with Crippen molar-refractivity contribution in [1.82, 2.24) is 5.32 Å². The standard InChI is InChI=1S/C12H17NO/c1-7-5-6-10-11(13-4)9(3)14-12(10)8(7)2/h5-6,9,11,13H,1-4H3. The Hall–Kier alpha value is -1.02. The first-order chi connectivity index (χ1) is 6.65. The van der Waals surface area contributed by atoms with Crippen molar-refractivity contribution in [3.05, 3.63) is 28.8 Å². The van der Waals surface area contributed by atoms with Crippen LogP contribution in [0.4, 0.5) is 0 Å². The van der Waals surface area contributed by atoms with Crippen molar-refractivity contribution in [3.8, 4) is 5.75 Å². The van der Waals surface area contributed by atoms with Crippen molar-refractivity contribution in [2.75, 3.05) is 7.05 Å². The summed E-state index contributed by atoms with van der Waals surface area (Å²) in [5, 5.41) is 3.29. The number of ether oxygens (including phenoxy) is 1. The highest BCUT2D eigenvalue weighted by atomic mass is 16.5. The first-order valence-electron chi connectivity index (χ1n) is 5.09. The Morgan fingerprint density at radius 3 is 2.64 bits per heavy atom. The summed E-state index contributed by atoms with van der Waals surface area (Å²) in [4.78, 5) is 0. The zero-order valence-corrected chi connectivity index (χ0v) is 9.22. The maximum Gasteiger partial charge on any atom is 0.127 e. The number of benzene rings is 1. The fourth-order valence-corrected chi connectivity index (χ4v) is 2.11. The molecule has 0 bridgehead atoms. The summed E-state index contributed by atoms with van der Waals surface area (Å²) < 4.78 is 5.86. The molecule has 1 aromatic rings. The second-order valence-electron chi connectivity index (χ2n) is 4.02. The van der Waals surface area contributed by atoms with Crippen molar-refractivity contribution in [1.29, 1.82) is 0 Å². The smallest absolute Gasteiger partial charge is 0.127 e. The predicted molar refractivity (Wildman–Crippen MR) is 57.8 cm³/mol. The summed E-state index contributed by atoms with van der Waals surface area (Å²) in [6, 6.07) is 4.67. The Bertz CT molecular complexity index is 360. The van der Waals surface area contributed by atoms with E-state index in [1.807, 2.05) is 7.05 Å². The molecule has 0 aromatic heterocycles. The first kappa shape index (κ1) is 9.53. The zero-order chi connectivity index (χ0) is 10.3. The molecule has 1 N–H and O–H groups in total. The Morgan fingerprint density at radius 1 is 1.29 bits per heavy atom. The lowest BCUT2D eigenvalue weighted by Gasteiger charge is -2.12. The van der Waals surface area contributed by atoms with E-state index in [-0.39, 0.29) is 6.10 Å². The van der Waals surface area contributed by atoms with Gasteiger partial charge < -0.3 is 10.1 Å². The number of nitrogens with one attached hydrogen (secondary N) is 1. The molecular formula is C12H17NO. The summed E-state index contributed by atoms with van der Waals surface area (Å²) in [6.45, 7) is 6.35. The van der Waals surface area contributed by atoms with Crippen LogP contribution in [0.2, 0.25) is 0 Å². The minimum Gasteiger partial charge on any atom is -0.488 e. The number of rotatable bonds is 1. The van der Waals surface area contributed by atoms with Crippen LogP contribution in [0.5, 0.6) is 5.75 Å². The molecule has 2 atom stereocenters. The summed E-state index contributed by atoms with van der Waals surface area (Å²) in [7, 11) is 1.98. The fraction of sp³-hybridized carbons (Fsp3) is 0.500. The van der Waals surface area contributed by atoms with Crippen LogP contribution in [0.1, 0.15) is 29.7 Å². The minimum atomic E-state index is 0.232. The van der Waals surface area contributed by atoms with Crippen LogP contribution < -0.4 is 10.1 Å². The SMILES string of the molecule is CNC1c2ccc(C)c(C)c2OC1C. The number of aryl methyl sites for hydroxylation is 1. The van der Waals surface area contributed by atoms with Gasteiger partial charge >= 0.3 is 0 Å². The van der Waals surface area contributed by atoms with E-state index in [0.29, 0.717) is 6.04 Å². The highest BCUT2D eigenvalue weighted by Crippen LogP contribution is 2.39. The average Bonchev–Trinajstić information content (AvgIpc) is 2.49. The lowest BCUT2D eigenvalue weighted by atomic mass is 10.00. The van der Waals surface area contributed by atoms with Crippen molar-refractivity contribution in [2.24, 2.45) is 0 Å². The van der Waals surface area contributed by atoms with Gasteiger partial charge in [0.25, 0.3) is 0 Å². The van der Waals surface area contributed by atoms with Crippen LogP contribution in [-0.4, -0.2) is 13.2 Å². The second kappa shape index (κ2) is 3.28. The van der Waals surface area contributed by atoms with E-state index in [1.54, 1.807) is 0 Å². The third-order valence-electron chi connectivity index (χ3n) is 3.13. The van der Waals surface area contributed by atoms with Crippen LogP contribution in [0.25, 0.3) is 0 Å². The minimum absolute atomic E-state index is 0.232. The van der Waals surface area contributed by atoms with Crippen LogP contribution in [0.3, 0.4) is 0 Å². The molecule has 0 radical (unpaired) electrons. The van der Waals surface area contributed by atoms with E-state index in [2.05, 4.69) is 38.2 Å². The molecule has 1 aromatic carbocycles. The Kier molecular flexibility index (Phi) is 2.23. The molecule has 0 saturated carbocycles. The second-order valence-corrected chi connectivity index (χ2v) is 4.02. The molecule has 0 spiro atoms.